The fraction of sp³-hybridized carbons (Fsp3) is 0.422. The number of benzene rings is 2. The van der Waals surface area contributed by atoms with E-state index in [9.17, 15) is 38.4 Å². The minimum Gasteiger partial charge on any atom is -0.370 e. The van der Waals surface area contributed by atoms with Gasteiger partial charge in [0.05, 0.1) is 18.6 Å². The Morgan fingerprint density at radius 2 is 1.30 bits per heavy atom. The number of amides is 8. The molecule has 2 aromatic heterocycles. The molecular formula is C45H62N14O8. The monoisotopic (exact) mass is 926 g/mol. The minimum absolute atomic E-state index is 0.00648. The first-order valence-electron chi connectivity index (χ1n) is 22.0. The fourth-order valence-electron chi connectivity index (χ4n) is 7.10. The highest BCUT2D eigenvalue weighted by Gasteiger charge is 2.32. The molecule has 0 saturated carbocycles. The Morgan fingerprint density at radius 1 is 0.672 bits per heavy atom. The van der Waals surface area contributed by atoms with Crippen LogP contribution in [0.15, 0.2) is 73.3 Å². The standard InChI is InChI=1S/C45H62N14O8/c1-4-5-15-33(55-27(3)60)41(64)52-24-38(61)56-37(21-30-23-49-25-53-30)44(67)59-36(19-28-12-7-6-8-13-28)43(66)57-34(17-11-18-50-45(47)48)42(65)54-26(2)40(63)58-35(39(46)62)20-29-22-51-32-16-10-9-14-31(29)32/h6-10,12-14,16,22-23,25-26,33-37,51H,4-5,11,15,17-21,24H2,1-3H3,(H2,46,62)(H,49,53)(H,52,64)(H,54,65)(H,55,60)(H,56,61)(H,57,66)(H,58,63)(H,59,67)(H4,47,48,50)/t26-,33-,34-,35-,36+,37-/m0/s1. The van der Waals surface area contributed by atoms with Crippen molar-refractivity contribution in [1.82, 2.24) is 57.5 Å². The number of fused-ring (bicyclic) bond motifs is 1. The van der Waals surface area contributed by atoms with Crippen LogP contribution >= 0.6 is 0 Å². The summed E-state index contributed by atoms with van der Waals surface area (Å²) >= 11 is 0. The van der Waals surface area contributed by atoms with Gasteiger partial charge in [0.1, 0.15) is 36.3 Å². The molecule has 8 amide bonds. The first-order chi connectivity index (χ1) is 32.0. The number of H-pyrrole nitrogens is 2. The van der Waals surface area contributed by atoms with Gasteiger partial charge in [-0.25, -0.2) is 4.98 Å². The Hall–Kier alpha value is -7.78. The van der Waals surface area contributed by atoms with Crippen molar-refractivity contribution < 1.29 is 38.4 Å². The number of hydrogen-bond donors (Lipinski definition) is 13. The largest absolute Gasteiger partial charge is 0.370 e. The molecule has 0 fully saturated rings. The molecule has 0 unspecified atom stereocenters. The van der Waals surface area contributed by atoms with Crippen molar-refractivity contribution in [3.05, 3.63) is 90.1 Å². The van der Waals surface area contributed by atoms with E-state index in [1.165, 1.54) is 26.4 Å². The van der Waals surface area contributed by atoms with Gasteiger partial charge in [-0.05, 0) is 43.4 Å². The Bertz CT molecular complexity index is 2320. The lowest BCUT2D eigenvalue weighted by atomic mass is 10.0. The molecule has 0 aliphatic carbocycles. The fourth-order valence-corrected chi connectivity index (χ4v) is 7.10. The Kier molecular flexibility index (Phi) is 20.3. The van der Waals surface area contributed by atoms with Crippen LogP contribution < -0.4 is 54.0 Å². The quantitative estimate of drug-likeness (QED) is 0.0194. The van der Waals surface area contributed by atoms with Crippen LogP contribution in [0.2, 0.25) is 0 Å². The third-order valence-electron chi connectivity index (χ3n) is 10.6. The van der Waals surface area contributed by atoms with E-state index in [1.807, 2.05) is 31.2 Å². The maximum Gasteiger partial charge on any atom is 0.243 e. The van der Waals surface area contributed by atoms with Gasteiger partial charge in [0, 0.05) is 56.0 Å². The summed E-state index contributed by atoms with van der Waals surface area (Å²) in [6.45, 7) is 4.25. The number of primary amides is 1. The third-order valence-corrected chi connectivity index (χ3v) is 10.6. The number of imidazole rings is 1. The number of aromatic nitrogens is 3. The van der Waals surface area contributed by atoms with E-state index >= 15 is 0 Å². The van der Waals surface area contributed by atoms with E-state index in [-0.39, 0.29) is 44.6 Å². The molecule has 0 aliphatic heterocycles. The highest BCUT2D eigenvalue weighted by atomic mass is 16.2. The second kappa shape index (κ2) is 26.2. The van der Waals surface area contributed by atoms with Gasteiger partial charge in [-0.15, -0.1) is 0 Å². The first kappa shape index (κ1) is 51.9. The summed E-state index contributed by atoms with van der Waals surface area (Å²) in [7, 11) is 0. The van der Waals surface area contributed by atoms with Crippen molar-refractivity contribution in [2.24, 2.45) is 11.5 Å². The molecule has 0 aliphatic rings. The van der Waals surface area contributed by atoms with Gasteiger partial charge in [-0.3, -0.25) is 43.8 Å². The molecule has 22 heteroatoms. The molecule has 360 valence electrons. The number of nitrogens with one attached hydrogen (secondary N) is 11. The van der Waals surface area contributed by atoms with Crippen LogP contribution in [-0.4, -0.2) is 118 Å². The number of carbonyl (C=O) groups excluding carboxylic acids is 8. The smallest absolute Gasteiger partial charge is 0.243 e. The molecule has 6 atom stereocenters. The summed E-state index contributed by atoms with van der Waals surface area (Å²) in [5.74, 6) is -5.88. The normalized spacial score (nSPS) is 13.6. The van der Waals surface area contributed by atoms with Crippen molar-refractivity contribution in [3.63, 3.8) is 0 Å². The number of rotatable bonds is 27. The zero-order valence-electron chi connectivity index (χ0n) is 37.8. The molecule has 67 heavy (non-hydrogen) atoms. The Morgan fingerprint density at radius 3 is 1.96 bits per heavy atom. The van der Waals surface area contributed by atoms with Gasteiger partial charge >= 0.3 is 0 Å². The Labute approximate surface area is 387 Å². The third kappa shape index (κ3) is 17.3. The van der Waals surface area contributed by atoms with Gasteiger partial charge in [-0.2, -0.15) is 0 Å². The summed E-state index contributed by atoms with van der Waals surface area (Å²) < 4.78 is 0. The highest BCUT2D eigenvalue weighted by molar-refractivity contribution is 5.97. The number of guanidine groups is 1. The number of nitrogens with two attached hydrogens (primary N) is 2. The van der Waals surface area contributed by atoms with E-state index in [2.05, 4.69) is 57.5 Å². The lowest BCUT2D eigenvalue weighted by Crippen LogP contribution is -2.59. The molecule has 2 aromatic carbocycles. The Balaban J connectivity index is 1.50. The average Bonchev–Trinajstić information content (AvgIpc) is 3.97. The summed E-state index contributed by atoms with van der Waals surface area (Å²) in [6, 6.07) is 9.05. The van der Waals surface area contributed by atoms with Crippen molar-refractivity contribution in [1.29, 1.82) is 5.41 Å². The molecule has 0 saturated heterocycles. The number of nitrogens with zero attached hydrogens (tertiary/aromatic N) is 1. The van der Waals surface area contributed by atoms with Crippen LogP contribution in [0.25, 0.3) is 10.9 Å². The molecule has 22 nitrogen and oxygen atoms in total. The van der Waals surface area contributed by atoms with Crippen molar-refractivity contribution in [3.8, 4) is 0 Å². The van der Waals surface area contributed by atoms with Gasteiger partial charge in [0.15, 0.2) is 5.96 Å². The second-order valence-electron chi connectivity index (χ2n) is 16.1. The number of unbranched alkanes of at least 4 members (excludes halogenated alkanes) is 1. The first-order valence-corrected chi connectivity index (χ1v) is 22.0. The SMILES string of the molecule is CCCC[C@H](NC(C)=O)C(=O)NCC(=O)N[C@@H](Cc1c[nH]cn1)C(=O)N[C@H](Cc1ccccc1)C(=O)N[C@@H](CCCNC(=N)N)C(=O)N[C@@H](C)C(=O)N[C@@H](Cc1c[nH]c2ccccc12)C(N)=O. The van der Waals surface area contributed by atoms with Crippen LogP contribution in [-0.2, 0) is 57.6 Å². The lowest BCUT2D eigenvalue weighted by molar-refractivity contribution is -0.135. The van der Waals surface area contributed by atoms with E-state index < -0.39 is 90.1 Å². The van der Waals surface area contributed by atoms with Crippen molar-refractivity contribution >= 4 is 64.1 Å². The van der Waals surface area contributed by atoms with Crippen molar-refractivity contribution in [2.75, 3.05) is 13.1 Å². The molecule has 0 radical (unpaired) electrons. The number of para-hydroxylation sites is 1. The zero-order chi connectivity index (χ0) is 48.9. The summed E-state index contributed by atoms with van der Waals surface area (Å²) in [6.07, 6.45) is 6.54. The van der Waals surface area contributed by atoms with E-state index in [0.29, 0.717) is 24.1 Å². The van der Waals surface area contributed by atoms with Crippen LogP contribution in [0.1, 0.15) is 69.7 Å². The van der Waals surface area contributed by atoms with E-state index in [1.54, 1.807) is 36.5 Å². The van der Waals surface area contributed by atoms with E-state index in [4.69, 9.17) is 16.9 Å². The maximum absolute atomic E-state index is 14.3. The average molecular weight is 927 g/mol. The number of aromatic amines is 2. The zero-order valence-corrected chi connectivity index (χ0v) is 37.8. The minimum atomic E-state index is -1.32. The van der Waals surface area contributed by atoms with Crippen LogP contribution in [0.3, 0.4) is 0 Å². The van der Waals surface area contributed by atoms with Gasteiger partial charge in [0.2, 0.25) is 47.3 Å². The summed E-state index contributed by atoms with van der Waals surface area (Å²) in [5, 5.41) is 29.3. The molecule has 0 spiro atoms. The van der Waals surface area contributed by atoms with E-state index in [0.717, 1.165) is 22.9 Å². The van der Waals surface area contributed by atoms with Gasteiger partial charge < -0.3 is 64.0 Å². The lowest BCUT2D eigenvalue weighted by Gasteiger charge is -2.26. The van der Waals surface area contributed by atoms with Crippen LogP contribution in [0, 0.1) is 5.41 Å². The van der Waals surface area contributed by atoms with Crippen molar-refractivity contribution in [2.45, 2.75) is 108 Å². The number of carbonyl (C=O) groups is 8. The molecule has 15 N–H and O–H groups in total. The number of hydrogen-bond acceptors (Lipinski definition) is 10. The van der Waals surface area contributed by atoms with Gasteiger partial charge in [0.25, 0.3) is 0 Å². The second-order valence-corrected chi connectivity index (χ2v) is 16.1. The topological polar surface area (TPSA) is 353 Å². The highest BCUT2D eigenvalue weighted by Crippen LogP contribution is 2.19. The predicted octanol–water partition coefficient (Wildman–Crippen LogP) is -1.08. The summed E-state index contributed by atoms with van der Waals surface area (Å²) in [5.41, 5.74) is 13.7. The predicted molar refractivity (Wildman–Crippen MR) is 248 cm³/mol. The summed E-state index contributed by atoms with van der Waals surface area (Å²) in [4.78, 5) is 116. The van der Waals surface area contributed by atoms with Gasteiger partial charge in [-0.1, -0.05) is 68.3 Å². The maximum atomic E-state index is 14.3. The molecular weight excluding hydrogens is 865 g/mol. The van der Waals surface area contributed by atoms with Crippen LogP contribution in [0.4, 0.5) is 0 Å². The van der Waals surface area contributed by atoms with Crippen LogP contribution in [0.5, 0.6) is 0 Å². The molecule has 4 aromatic rings. The molecule has 2 heterocycles. The molecule has 4 rings (SSSR count). The molecule has 0 bridgehead atoms.